The molecular formula is C25H27NO6. The first kappa shape index (κ1) is 23.2. The molecule has 1 amide bonds. The summed E-state index contributed by atoms with van der Waals surface area (Å²) in [7, 11) is 1.56. The molecule has 0 radical (unpaired) electrons. The quantitative estimate of drug-likeness (QED) is 0.169. The molecular weight excluding hydrogens is 410 g/mol. The molecule has 0 spiro atoms. The smallest absolute Gasteiger partial charge is 0.308 e. The molecule has 1 saturated heterocycles. The molecule has 0 aromatic heterocycles. The number of benzene rings is 2. The molecule has 1 aliphatic heterocycles. The number of ether oxygens (including phenoxy) is 2. The summed E-state index contributed by atoms with van der Waals surface area (Å²) in [4.78, 5) is 38.7. The third-order valence-electron chi connectivity index (χ3n) is 5.36. The molecule has 1 fully saturated rings. The summed E-state index contributed by atoms with van der Waals surface area (Å²) in [6.45, 7) is 4.01. The van der Waals surface area contributed by atoms with Crippen LogP contribution in [0.5, 0.6) is 5.75 Å². The molecule has 32 heavy (non-hydrogen) atoms. The van der Waals surface area contributed by atoms with E-state index in [1.807, 2.05) is 19.1 Å². The van der Waals surface area contributed by atoms with Gasteiger partial charge in [-0.25, -0.2) is 0 Å². The average Bonchev–Trinajstić information content (AvgIpc) is 3.03. The van der Waals surface area contributed by atoms with Crippen molar-refractivity contribution in [1.29, 1.82) is 0 Å². The number of nitrogens with zero attached hydrogens (tertiary/aromatic N) is 1. The number of esters is 1. The number of aliphatic hydroxyl groups excluding tert-OH is 1. The largest absolute Gasteiger partial charge is 0.507 e. The van der Waals surface area contributed by atoms with Crippen LogP contribution >= 0.6 is 0 Å². The van der Waals surface area contributed by atoms with Crippen molar-refractivity contribution in [2.75, 3.05) is 20.3 Å². The Hall–Kier alpha value is -3.45. The zero-order chi connectivity index (χ0) is 23.3. The number of aliphatic hydroxyl groups is 1. The summed E-state index contributed by atoms with van der Waals surface area (Å²) in [5.74, 6) is -1.85. The van der Waals surface area contributed by atoms with E-state index >= 15 is 0 Å². The van der Waals surface area contributed by atoms with Crippen LogP contribution in [0.4, 0.5) is 0 Å². The van der Waals surface area contributed by atoms with Crippen LogP contribution < -0.4 is 4.74 Å². The van der Waals surface area contributed by atoms with Gasteiger partial charge < -0.3 is 19.5 Å². The zero-order valence-corrected chi connectivity index (χ0v) is 18.5. The molecule has 1 atom stereocenters. The second-order valence-electron chi connectivity index (χ2n) is 7.56. The number of hydrogen-bond donors (Lipinski definition) is 1. The molecule has 1 unspecified atom stereocenters. The van der Waals surface area contributed by atoms with Crippen LogP contribution in [0, 0.1) is 0 Å². The van der Waals surface area contributed by atoms with Gasteiger partial charge in [0.15, 0.2) is 0 Å². The lowest BCUT2D eigenvalue weighted by Crippen LogP contribution is -2.31. The molecule has 0 aliphatic carbocycles. The number of methoxy groups -OCH3 is 1. The molecule has 0 saturated carbocycles. The maximum Gasteiger partial charge on any atom is 0.308 e. The predicted octanol–water partition coefficient (Wildman–Crippen LogP) is 3.63. The molecule has 0 bridgehead atoms. The molecule has 7 nitrogen and oxygen atoms in total. The van der Waals surface area contributed by atoms with Crippen LogP contribution in [-0.2, 0) is 25.5 Å². The molecule has 1 heterocycles. The number of aryl methyl sites for hydroxylation is 1. The van der Waals surface area contributed by atoms with Crippen LogP contribution in [-0.4, -0.2) is 47.9 Å². The fraction of sp³-hybridized carbons (Fsp3) is 0.320. The number of rotatable bonds is 8. The first-order valence-corrected chi connectivity index (χ1v) is 10.5. The maximum atomic E-state index is 13.0. The summed E-state index contributed by atoms with van der Waals surface area (Å²) >= 11 is 0. The first-order chi connectivity index (χ1) is 15.4. The monoisotopic (exact) mass is 437 g/mol. The molecule has 2 aromatic rings. The fourth-order valence-corrected chi connectivity index (χ4v) is 3.80. The van der Waals surface area contributed by atoms with E-state index in [9.17, 15) is 19.5 Å². The van der Waals surface area contributed by atoms with E-state index in [4.69, 9.17) is 9.47 Å². The Kier molecular flexibility index (Phi) is 7.43. The number of Topliss-reactive ketones (excluding diaryl/α,β-unsaturated/α-hetero) is 1. The predicted molar refractivity (Wildman–Crippen MR) is 119 cm³/mol. The van der Waals surface area contributed by atoms with Gasteiger partial charge >= 0.3 is 5.97 Å². The Bertz CT molecular complexity index is 1040. The van der Waals surface area contributed by atoms with Gasteiger partial charge in [0.1, 0.15) is 11.5 Å². The van der Waals surface area contributed by atoms with Crippen molar-refractivity contribution in [3.8, 4) is 5.75 Å². The van der Waals surface area contributed by atoms with Crippen molar-refractivity contribution >= 4 is 23.4 Å². The van der Waals surface area contributed by atoms with Gasteiger partial charge in [0.2, 0.25) is 0 Å². The zero-order valence-electron chi connectivity index (χ0n) is 18.5. The number of hydrogen-bond acceptors (Lipinski definition) is 6. The number of ketones is 1. The minimum atomic E-state index is -0.812. The van der Waals surface area contributed by atoms with E-state index < -0.39 is 23.7 Å². The molecule has 3 rings (SSSR count). The second kappa shape index (κ2) is 10.2. The van der Waals surface area contributed by atoms with Crippen LogP contribution in [0.1, 0.15) is 43.0 Å². The highest BCUT2D eigenvalue weighted by Gasteiger charge is 2.45. The van der Waals surface area contributed by atoms with E-state index in [0.717, 1.165) is 12.0 Å². The Morgan fingerprint density at radius 1 is 1.12 bits per heavy atom. The lowest BCUT2D eigenvalue weighted by Gasteiger charge is -2.25. The van der Waals surface area contributed by atoms with E-state index in [1.165, 1.54) is 11.8 Å². The molecule has 2 aromatic carbocycles. The normalized spacial score (nSPS) is 17.6. The summed E-state index contributed by atoms with van der Waals surface area (Å²) < 4.78 is 10.3. The third kappa shape index (κ3) is 4.89. The molecule has 1 N–H and O–H groups in total. The number of amides is 1. The van der Waals surface area contributed by atoms with Gasteiger partial charge in [-0.1, -0.05) is 43.3 Å². The van der Waals surface area contributed by atoms with E-state index in [0.29, 0.717) is 29.9 Å². The minimum Gasteiger partial charge on any atom is -0.507 e. The summed E-state index contributed by atoms with van der Waals surface area (Å²) in [6, 6.07) is 13.0. The lowest BCUT2D eigenvalue weighted by atomic mass is 9.94. The average molecular weight is 437 g/mol. The Morgan fingerprint density at radius 2 is 1.84 bits per heavy atom. The van der Waals surface area contributed by atoms with Crippen LogP contribution in [0.2, 0.25) is 0 Å². The molecule has 1 aliphatic rings. The number of carbonyl (C=O) groups is 3. The standard InChI is InChI=1S/C25H27NO6/c1-4-17-9-11-18(12-10-17)23(28)21-22(19-7-5-8-20(15-19)32-16(2)27)26(13-6-14-31-3)25(30)24(21)29/h5,7-12,15,22,28H,4,6,13-14H2,1-3H3/b23-21-. The summed E-state index contributed by atoms with van der Waals surface area (Å²) in [6.07, 6.45) is 1.36. The lowest BCUT2D eigenvalue weighted by molar-refractivity contribution is -0.140. The highest BCUT2D eigenvalue weighted by molar-refractivity contribution is 6.46. The summed E-state index contributed by atoms with van der Waals surface area (Å²) in [5, 5.41) is 11.1. The van der Waals surface area contributed by atoms with Gasteiger partial charge in [-0.3, -0.25) is 14.4 Å². The Labute approximate surface area is 187 Å². The van der Waals surface area contributed by atoms with Gasteiger partial charge in [0.05, 0.1) is 11.6 Å². The van der Waals surface area contributed by atoms with Gasteiger partial charge in [-0.2, -0.15) is 0 Å². The third-order valence-corrected chi connectivity index (χ3v) is 5.36. The second-order valence-corrected chi connectivity index (χ2v) is 7.56. The SMILES string of the molecule is CCc1ccc(/C(O)=C2/C(=O)C(=O)N(CCCOC)C2c2cccc(OC(C)=O)c2)cc1. The highest BCUT2D eigenvalue weighted by atomic mass is 16.5. The van der Waals surface area contributed by atoms with Crippen LogP contribution in [0.3, 0.4) is 0 Å². The van der Waals surface area contributed by atoms with E-state index in [-0.39, 0.29) is 17.9 Å². The highest BCUT2D eigenvalue weighted by Crippen LogP contribution is 2.40. The summed E-state index contributed by atoms with van der Waals surface area (Å²) in [5.41, 5.74) is 2.12. The maximum absolute atomic E-state index is 13.0. The minimum absolute atomic E-state index is 0.0108. The first-order valence-electron chi connectivity index (χ1n) is 10.5. The van der Waals surface area contributed by atoms with Crippen molar-refractivity contribution in [3.63, 3.8) is 0 Å². The van der Waals surface area contributed by atoms with Gasteiger partial charge in [-0.15, -0.1) is 0 Å². The van der Waals surface area contributed by atoms with Crippen molar-refractivity contribution in [3.05, 3.63) is 70.8 Å². The number of likely N-dealkylation sites (tertiary alicyclic amines) is 1. The van der Waals surface area contributed by atoms with Crippen molar-refractivity contribution < 1.29 is 29.0 Å². The number of carbonyl (C=O) groups excluding carboxylic acids is 3. The topological polar surface area (TPSA) is 93.1 Å². The molecule has 168 valence electrons. The van der Waals surface area contributed by atoms with Crippen molar-refractivity contribution in [2.45, 2.75) is 32.7 Å². The Morgan fingerprint density at radius 3 is 2.47 bits per heavy atom. The van der Waals surface area contributed by atoms with Gasteiger partial charge in [-0.05, 0) is 36.1 Å². The van der Waals surface area contributed by atoms with Crippen molar-refractivity contribution in [1.82, 2.24) is 4.90 Å². The van der Waals surface area contributed by atoms with Gasteiger partial charge in [0, 0.05) is 32.7 Å². The molecule has 7 heteroatoms. The van der Waals surface area contributed by atoms with E-state index in [1.54, 1.807) is 43.5 Å². The van der Waals surface area contributed by atoms with Gasteiger partial charge in [0.25, 0.3) is 11.7 Å². The van der Waals surface area contributed by atoms with Crippen LogP contribution in [0.15, 0.2) is 54.1 Å². The Balaban J connectivity index is 2.11. The van der Waals surface area contributed by atoms with Crippen LogP contribution in [0.25, 0.3) is 5.76 Å². The fourth-order valence-electron chi connectivity index (χ4n) is 3.80. The van der Waals surface area contributed by atoms with E-state index in [2.05, 4.69) is 0 Å². The van der Waals surface area contributed by atoms with Crippen molar-refractivity contribution in [2.24, 2.45) is 0 Å².